The van der Waals surface area contributed by atoms with Gasteiger partial charge >= 0.3 is 0 Å². The Labute approximate surface area is 176 Å². The first-order valence-corrected chi connectivity index (χ1v) is 10.7. The van der Waals surface area contributed by atoms with Crippen LogP contribution < -0.4 is 4.74 Å². The van der Waals surface area contributed by atoms with Crippen LogP contribution in [0.5, 0.6) is 5.75 Å². The molecule has 4 N–H and O–H groups in total. The summed E-state index contributed by atoms with van der Waals surface area (Å²) in [5, 5.41) is 40.3. The van der Waals surface area contributed by atoms with Crippen LogP contribution in [0.3, 0.4) is 0 Å². The normalized spacial score (nSPS) is 28.2. The molecule has 5 atom stereocenters. The smallest absolute Gasteiger partial charge is 0.126 e. The molecule has 0 saturated carbocycles. The maximum Gasteiger partial charge on any atom is 0.126 e. The monoisotopic (exact) mass is 414 g/mol. The molecule has 0 unspecified atom stereocenters. The summed E-state index contributed by atoms with van der Waals surface area (Å²) in [7, 11) is 0. The molecule has 0 radical (unpaired) electrons. The minimum absolute atomic E-state index is 0.438. The Morgan fingerprint density at radius 2 is 1.70 bits per heavy atom. The summed E-state index contributed by atoms with van der Waals surface area (Å²) in [5.74, 6) is 0.876. The molecule has 0 spiro atoms. The number of aliphatic hydroxyl groups excluding tert-OH is 4. The van der Waals surface area contributed by atoms with Crippen molar-refractivity contribution in [3.8, 4) is 5.75 Å². The highest BCUT2D eigenvalue weighted by atomic mass is 16.5. The van der Waals surface area contributed by atoms with Crippen molar-refractivity contribution in [3.63, 3.8) is 0 Å². The molecule has 0 aliphatic carbocycles. The van der Waals surface area contributed by atoms with Gasteiger partial charge in [-0.25, -0.2) is 0 Å². The molecular formula is C24H30O6. The van der Waals surface area contributed by atoms with Crippen LogP contribution in [0.4, 0.5) is 0 Å². The highest BCUT2D eigenvalue weighted by molar-refractivity contribution is 5.49. The van der Waals surface area contributed by atoms with Crippen molar-refractivity contribution in [1.82, 2.24) is 0 Å². The van der Waals surface area contributed by atoms with E-state index >= 15 is 0 Å². The largest absolute Gasteiger partial charge is 0.493 e. The summed E-state index contributed by atoms with van der Waals surface area (Å²) in [4.78, 5) is 0. The number of aliphatic hydroxyl groups is 4. The Kier molecular flexibility index (Phi) is 6.41. The number of benzene rings is 2. The number of rotatable bonds is 6. The van der Waals surface area contributed by atoms with Gasteiger partial charge in [0.05, 0.1) is 13.2 Å². The first-order valence-electron chi connectivity index (χ1n) is 10.7. The molecule has 0 amide bonds. The first kappa shape index (κ1) is 21.3. The fraction of sp³-hybridized carbons (Fsp3) is 0.500. The van der Waals surface area contributed by atoms with E-state index in [1.807, 2.05) is 12.1 Å². The maximum atomic E-state index is 10.5. The Morgan fingerprint density at radius 1 is 0.967 bits per heavy atom. The van der Waals surface area contributed by atoms with Gasteiger partial charge < -0.3 is 29.9 Å². The van der Waals surface area contributed by atoms with E-state index in [-0.39, 0.29) is 0 Å². The van der Waals surface area contributed by atoms with Crippen molar-refractivity contribution in [1.29, 1.82) is 0 Å². The summed E-state index contributed by atoms with van der Waals surface area (Å²) >= 11 is 0. The van der Waals surface area contributed by atoms with E-state index in [0.717, 1.165) is 36.1 Å². The molecule has 162 valence electrons. The summed E-state index contributed by atoms with van der Waals surface area (Å²) < 4.78 is 11.7. The molecular weight excluding hydrogens is 384 g/mol. The molecule has 2 heterocycles. The second-order valence-corrected chi connectivity index (χ2v) is 8.26. The Balaban J connectivity index is 1.64. The van der Waals surface area contributed by atoms with E-state index in [2.05, 4.69) is 31.2 Å². The lowest BCUT2D eigenvalue weighted by Crippen LogP contribution is -2.55. The fourth-order valence-corrected chi connectivity index (χ4v) is 4.42. The third-order valence-corrected chi connectivity index (χ3v) is 6.06. The summed E-state index contributed by atoms with van der Waals surface area (Å²) in [6, 6.07) is 12.4. The molecule has 30 heavy (non-hydrogen) atoms. The van der Waals surface area contributed by atoms with Crippen molar-refractivity contribution in [2.45, 2.75) is 63.1 Å². The van der Waals surface area contributed by atoms with Gasteiger partial charge in [-0.05, 0) is 46.4 Å². The van der Waals surface area contributed by atoms with Crippen molar-refractivity contribution >= 4 is 0 Å². The second-order valence-electron chi connectivity index (χ2n) is 8.26. The summed E-state index contributed by atoms with van der Waals surface area (Å²) in [6.45, 7) is 2.33. The lowest BCUT2D eigenvalue weighted by molar-refractivity contribution is -0.231. The average molecular weight is 414 g/mol. The molecule has 4 rings (SSSR count). The van der Waals surface area contributed by atoms with E-state index in [1.54, 1.807) is 0 Å². The van der Waals surface area contributed by atoms with Gasteiger partial charge in [0.25, 0.3) is 0 Å². The minimum Gasteiger partial charge on any atom is -0.493 e. The van der Waals surface area contributed by atoms with E-state index in [9.17, 15) is 20.4 Å². The van der Waals surface area contributed by atoms with Gasteiger partial charge in [0.2, 0.25) is 0 Å². The molecule has 1 fully saturated rings. The molecule has 2 aliphatic rings. The van der Waals surface area contributed by atoms with Crippen molar-refractivity contribution < 1.29 is 29.9 Å². The van der Waals surface area contributed by atoms with Gasteiger partial charge in [-0.2, -0.15) is 0 Å². The molecule has 1 saturated heterocycles. The number of fused-ring (bicyclic) bond motifs is 1. The van der Waals surface area contributed by atoms with Crippen molar-refractivity contribution in [3.05, 3.63) is 64.2 Å². The lowest BCUT2D eigenvalue weighted by atomic mass is 9.88. The van der Waals surface area contributed by atoms with Crippen LogP contribution >= 0.6 is 0 Å². The predicted molar refractivity (Wildman–Crippen MR) is 112 cm³/mol. The van der Waals surface area contributed by atoms with Crippen LogP contribution in [0.25, 0.3) is 0 Å². The Morgan fingerprint density at radius 3 is 2.40 bits per heavy atom. The SMILES string of the molecule is CCCc1ccc(Cc2cc([C@@H]3O[C@H](CO)[C@@H](O)[C@H](O)[C@H]3O)cc3c2OCC3)cc1. The highest BCUT2D eigenvalue weighted by Crippen LogP contribution is 2.38. The molecule has 6 heteroatoms. The summed E-state index contributed by atoms with van der Waals surface area (Å²) in [6.07, 6.45) is -2.18. The topological polar surface area (TPSA) is 99.4 Å². The van der Waals surface area contributed by atoms with Gasteiger partial charge in [-0.3, -0.25) is 0 Å². The fourth-order valence-electron chi connectivity index (χ4n) is 4.42. The quantitative estimate of drug-likeness (QED) is 0.574. The highest BCUT2D eigenvalue weighted by Gasteiger charge is 2.44. The number of aryl methyl sites for hydroxylation is 1. The van der Waals surface area contributed by atoms with Gasteiger partial charge in [0.15, 0.2) is 0 Å². The standard InChI is InChI=1S/C24H30O6/c1-2-3-14-4-6-15(7-5-14)10-17-12-18(11-16-8-9-29-23(16)17)24-22(28)21(27)20(26)19(13-25)30-24/h4-7,11-12,19-22,24-28H,2-3,8-10,13H2,1H3/t19-,20-,21+,22-,24+/m1/s1. The number of hydrogen-bond donors (Lipinski definition) is 4. The van der Waals surface area contributed by atoms with Gasteiger partial charge in [-0.15, -0.1) is 0 Å². The van der Waals surface area contributed by atoms with E-state index < -0.39 is 37.1 Å². The minimum atomic E-state index is -1.39. The molecule has 2 aromatic rings. The van der Waals surface area contributed by atoms with Crippen LogP contribution in [-0.4, -0.2) is 58.1 Å². The Hall–Kier alpha value is -1.96. The van der Waals surface area contributed by atoms with Crippen LogP contribution in [0.15, 0.2) is 36.4 Å². The van der Waals surface area contributed by atoms with Gasteiger partial charge in [0.1, 0.15) is 36.3 Å². The third kappa shape index (κ3) is 4.11. The van der Waals surface area contributed by atoms with Gasteiger partial charge in [0, 0.05) is 12.8 Å². The third-order valence-electron chi connectivity index (χ3n) is 6.06. The molecule has 0 aromatic heterocycles. The van der Waals surface area contributed by atoms with Crippen molar-refractivity contribution in [2.24, 2.45) is 0 Å². The van der Waals surface area contributed by atoms with Gasteiger partial charge in [-0.1, -0.05) is 37.6 Å². The number of hydrogen-bond acceptors (Lipinski definition) is 6. The first-order chi connectivity index (χ1) is 14.5. The lowest BCUT2D eigenvalue weighted by Gasteiger charge is -2.40. The zero-order valence-corrected chi connectivity index (χ0v) is 17.2. The number of ether oxygens (including phenoxy) is 2. The molecule has 2 aromatic carbocycles. The average Bonchev–Trinajstić information content (AvgIpc) is 3.23. The van der Waals surface area contributed by atoms with Crippen LogP contribution in [0.1, 0.15) is 47.3 Å². The molecule has 2 aliphatic heterocycles. The zero-order valence-electron chi connectivity index (χ0n) is 17.2. The maximum absolute atomic E-state index is 10.5. The van der Waals surface area contributed by atoms with Crippen LogP contribution in [-0.2, 0) is 24.0 Å². The van der Waals surface area contributed by atoms with Crippen LogP contribution in [0, 0.1) is 0 Å². The van der Waals surface area contributed by atoms with E-state index in [4.69, 9.17) is 9.47 Å². The molecule has 0 bridgehead atoms. The second kappa shape index (κ2) is 9.04. The Bertz CT molecular complexity index is 863. The van der Waals surface area contributed by atoms with Crippen LogP contribution in [0.2, 0.25) is 0 Å². The molecule has 6 nitrogen and oxygen atoms in total. The predicted octanol–water partition coefficient (Wildman–Crippen LogP) is 1.68. The zero-order chi connectivity index (χ0) is 21.3. The van der Waals surface area contributed by atoms with E-state index in [1.165, 1.54) is 11.1 Å². The summed E-state index contributed by atoms with van der Waals surface area (Å²) in [5.41, 5.74) is 5.24. The van der Waals surface area contributed by atoms with Crippen molar-refractivity contribution in [2.75, 3.05) is 13.2 Å². The van der Waals surface area contributed by atoms with E-state index in [0.29, 0.717) is 18.6 Å².